The lowest BCUT2D eigenvalue weighted by atomic mass is 9.33. The zero-order valence-electron chi connectivity index (χ0n) is 55.0. The maximum Gasteiger partial charge on any atom is 0.252 e. The predicted molar refractivity (Wildman–Crippen MR) is 371 cm³/mol. The van der Waals surface area contributed by atoms with Gasteiger partial charge in [0.2, 0.25) is 0 Å². The average molecular weight is 1150 g/mol. The molecule has 0 N–H and O–H groups in total. The number of para-hydroxylation sites is 2. The number of hydrogen-bond donors (Lipinski definition) is 0. The summed E-state index contributed by atoms with van der Waals surface area (Å²) in [5.41, 5.74) is 28.2. The van der Waals surface area contributed by atoms with E-state index in [1.807, 2.05) is 0 Å². The van der Waals surface area contributed by atoms with E-state index in [1.54, 1.807) is 0 Å². The van der Waals surface area contributed by atoms with Crippen molar-refractivity contribution in [3.63, 3.8) is 0 Å². The Morgan fingerprint density at radius 2 is 0.977 bits per heavy atom. The van der Waals surface area contributed by atoms with Crippen LogP contribution >= 0.6 is 0 Å². The number of furan rings is 2. The van der Waals surface area contributed by atoms with Crippen LogP contribution in [0.25, 0.3) is 43.9 Å². The van der Waals surface area contributed by atoms with Gasteiger partial charge >= 0.3 is 0 Å². The maximum absolute atomic E-state index is 7.60. The molecule has 0 spiro atoms. The summed E-state index contributed by atoms with van der Waals surface area (Å²) in [6.45, 7) is 41.5. The molecule has 8 aromatic carbocycles. The molecule has 5 heterocycles. The molecular formula is C81H88BN3O2. The summed E-state index contributed by atoms with van der Waals surface area (Å²) in [6, 6.07) is 50.8. The Morgan fingerprint density at radius 3 is 1.67 bits per heavy atom. The molecule has 87 heavy (non-hydrogen) atoms. The lowest BCUT2D eigenvalue weighted by Crippen LogP contribution is -2.62. The molecule has 2 unspecified atom stereocenters. The van der Waals surface area contributed by atoms with Crippen molar-refractivity contribution in [2.24, 2.45) is 0 Å². The van der Waals surface area contributed by atoms with E-state index < -0.39 is 0 Å². The molecule has 1 fully saturated rings. The van der Waals surface area contributed by atoms with Gasteiger partial charge in [-0.2, -0.15) is 0 Å². The van der Waals surface area contributed by atoms with E-state index in [2.05, 4.69) is 260 Å². The molecule has 0 amide bonds. The summed E-state index contributed by atoms with van der Waals surface area (Å²) in [4.78, 5) is 8.26. The van der Waals surface area contributed by atoms with Crippen molar-refractivity contribution in [3.05, 3.63) is 172 Å². The summed E-state index contributed by atoms with van der Waals surface area (Å²) in [5.74, 6) is 0. The van der Waals surface area contributed by atoms with Crippen molar-refractivity contribution in [3.8, 4) is 0 Å². The van der Waals surface area contributed by atoms with E-state index in [1.165, 1.54) is 113 Å². The topological polar surface area (TPSA) is 36.0 Å². The molecule has 2 atom stereocenters. The number of nitrogens with zero attached hydrogens (tertiary/aromatic N) is 3. The zero-order valence-corrected chi connectivity index (χ0v) is 55.0. The zero-order chi connectivity index (χ0) is 60.8. The standard InChI is InChI=1S/C81H88BN3O2/c1-47-39-55-57(78(12,13)37-35-76(55,8)9)45-64(47)84-67-43-50(85-62-31-27-49(75(5,6)7)41-59(62)80(16)33-20-21-34-81(80,85)17)42-66-70(67)82(60-30-29-53-54-40-48(74(2,3)4)28-32-69(54)87-73(53)71(60)84)61-44-56-58(79(14,15)38-36-77(56,10)11)46-65(61)83(66)63-25-22-24-52-51-23-18-19-26-68(51)86-72(52)63/h18-19,22-32,39-46H,20-21,33-38H2,1-17H3. The van der Waals surface area contributed by atoms with Crippen LogP contribution in [0.15, 0.2) is 136 Å². The summed E-state index contributed by atoms with van der Waals surface area (Å²) in [6.07, 6.45) is 9.18. The van der Waals surface area contributed by atoms with Crippen LogP contribution in [0, 0.1) is 6.92 Å². The molecule has 3 aliphatic carbocycles. The van der Waals surface area contributed by atoms with Crippen molar-refractivity contribution < 1.29 is 8.83 Å². The molecule has 10 aromatic rings. The maximum atomic E-state index is 7.60. The van der Waals surface area contributed by atoms with E-state index in [9.17, 15) is 0 Å². The highest BCUT2D eigenvalue weighted by atomic mass is 16.3. The van der Waals surface area contributed by atoms with Crippen molar-refractivity contribution in [2.45, 2.75) is 213 Å². The second kappa shape index (κ2) is 17.6. The largest absolute Gasteiger partial charge is 0.454 e. The Morgan fingerprint density at radius 1 is 0.414 bits per heavy atom. The van der Waals surface area contributed by atoms with Gasteiger partial charge in [0.15, 0.2) is 11.2 Å². The summed E-state index contributed by atoms with van der Waals surface area (Å²) in [7, 11) is 0. The Bertz CT molecular complexity index is 4640. The van der Waals surface area contributed by atoms with E-state index in [-0.39, 0.29) is 50.2 Å². The minimum absolute atomic E-state index is 0.00410. The van der Waals surface area contributed by atoms with Crippen LogP contribution in [0.5, 0.6) is 0 Å². The lowest BCUT2D eigenvalue weighted by molar-refractivity contribution is 0.195. The Kier molecular flexibility index (Phi) is 11.1. The first-order valence-corrected chi connectivity index (χ1v) is 33.0. The third kappa shape index (κ3) is 7.51. The second-order valence-electron chi connectivity index (χ2n) is 33.0. The van der Waals surface area contributed by atoms with E-state index in [0.29, 0.717) is 0 Å². The minimum Gasteiger partial charge on any atom is -0.454 e. The van der Waals surface area contributed by atoms with Gasteiger partial charge < -0.3 is 23.5 Å². The van der Waals surface area contributed by atoms with Gasteiger partial charge in [0.25, 0.3) is 6.71 Å². The third-order valence-electron chi connectivity index (χ3n) is 23.8. The van der Waals surface area contributed by atoms with Crippen LogP contribution in [0.4, 0.5) is 45.5 Å². The summed E-state index contributed by atoms with van der Waals surface area (Å²) in [5, 5.41) is 4.60. The monoisotopic (exact) mass is 1150 g/mol. The third-order valence-corrected chi connectivity index (χ3v) is 23.8. The van der Waals surface area contributed by atoms with Crippen LogP contribution in [0.3, 0.4) is 0 Å². The van der Waals surface area contributed by atoms with Gasteiger partial charge in [-0.25, -0.2) is 0 Å². The van der Waals surface area contributed by atoms with Gasteiger partial charge in [0.05, 0.1) is 16.9 Å². The average Bonchev–Trinajstić information content (AvgIpc) is 1.65. The van der Waals surface area contributed by atoms with Crippen molar-refractivity contribution in [1.29, 1.82) is 0 Å². The first-order chi connectivity index (χ1) is 41.0. The van der Waals surface area contributed by atoms with Crippen LogP contribution in [-0.2, 0) is 37.9 Å². The molecule has 0 bridgehead atoms. The molecule has 1 saturated carbocycles. The quantitative estimate of drug-likeness (QED) is 0.165. The number of aryl methyl sites for hydroxylation is 1. The molecule has 5 nitrogen and oxygen atoms in total. The molecule has 2 aromatic heterocycles. The Labute approximate surface area is 517 Å². The molecule has 6 heteroatoms. The first-order valence-electron chi connectivity index (χ1n) is 33.0. The fourth-order valence-electron chi connectivity index (χ4n) is 17.9. The molecule has 6 aliphatic rings. The van der Waals surface area contributed by atoms with Gasteiger partial charge in [-0.05, 0) is 200 Å². The van der Waals surface area contributed by atoms with Crippen LogP contribution in [0.2, 0.25) is 0 Å². The van der Waals surface area contributed by atoms with E-state index in [4.69, 9.17) is 8.83 Å². The number of hydrogen-bond acceptors (Lipinski definition) is 5. The fraction of sp³-hybridized carbons (Fsp3) is 0.407. The first kappa shape index (κ1) is 55.2. The SMILES string of the molecule is Cc1cc2c(cc1N1c3cc(N4c5ccc(C(C)(C)C)cc5C5(C)CCCCC45C)cc4c3B(c3cc5c(cc3N4c3cccc4c3oc3ccccc34)C(C)(C)CCC5(C)C)c3ccc4c(oc5ccc(C(C)(C)C)cc54)c31)C(C)(C)CCC2(C)C. The van der Waals surface area contributed by atoms with E-state index >= 15 is 0 Å². The Hall–Kier alpha value is -7.18. The van der Waals surface area contributed by atoms with Crippen LogP contribution < -0.4 is 31.1 Å². The van der Waals surface area contributed by atoms with Crippen molar-refractivity contribution in [1.82, 2.24) is 0 Å². The van der Waals surface area contributed by atoms with Crippen LogP contribution in [0.1, 0.15) is 207 Å². The van der Waals surface area contributed by atoms with Gasteiger partial charge in [-0.15, -0.1) is 0 Å². The molecule has 442 valence electrons. The van der Waals surface area contributed by atoms with E-state index in [0.717, 1.165) is 88.4 Å². The van der Waals surface area contributed by atoms with Gasteiger partial charge in [0.1, 0.15) is 11.2 Å². The highest BCUT2D eigenvalue weighted by molar-refractivity contribution is 7.00. The fourth-order valence-corrected chi connectivity index (χ4v) is 17.9. The van der Waals surface area contributed by atoms with Crippen molar-refractivity contribution in [2.75, 3.05) is 14.7 Å². The van der Waals surface area contributed by atoms with Gasteiger partial charge in [0, 0.05) is 61.1 Å². The molecule has 0 saturated heterocycles. The van der Waals surface area contributed by atoms with Gasteiger partial charge in [-0.1, -0.05) is 189 Å². The molecule has 16 rings (SSSR count). The predicted octanol–water partition coefficient (Wildman–Crippen LogP) is 20.9. The smallest absolute Gasteiger partial charge is 0.252 e. The second-order valence-corrected chi connectivity index (χ2v) is 33.0. The number of benzene rings is 8. The summed E-state index contributed by atoms with van der Waals surface area (Å²) >= 11 is 0. The van der Waals surface area contributed by atoms with Crippen molar-refractivity contribution >= 4 is 112 Å². The molecule has 3 aliphatic heterocycles. The lowest BCUT2D eigenvalue weighted by Gasteiger charge is -2.51. The molecular weight excluding hydrogens is 1060 g/mol. The number of anilines is 8. The van der Waals surface area contributed by atoms with Crippen LogP contribution in [-0.4, -0.2) is 12.3 Å². The normalized spacial score (nSPS) is 22.1. The highest BCUT2D eigenvalue weighted by Crippen LogP contribution is 2.63. The number of rotatable bonds is 3. The molecule has 0 radical (unpaired) electrons. The summed E-state index contributed by atoms with van der Waals surface area (Å²) < 4.78 is 14.8. The Balaban J connectivity index is 1.10. The van der Waals surface area contributed by atoms with Gasteiger partial charge in [-0.3, -0.25) is 0 Å². The number of fused-ring (bicyclic) bond motifs is 16. The minimum atomic E-state index is -0.221. The highest BCUT2D eigenvalue weighted by Gasteiger charge is 2.59.